The molecule has 0 atom stereocenters. The number of amides is 3. The molecule has 26 heavy (non-hydrogen) atoms. The molecule has 0 saturated heterocycles. The van der Waals surface area contributed by atoms with Crippen LogP contribution in [0.2, 0.25) is 5.02 Å². The van der Waals surface area contributed by atoms with E-state index < -0.39 is 11.9 Å². The normalized spacial score (nSPS) is 10.1. The lowest BCUT2D eigenvalue weighted by atomic mass is 10.3. The fourth-order valence-electron chi connectivity index (χ4n) is 2.00. The first-order valence-corrected chi connectivity index (χ1v) is 8.30. The Labute approximate surface area is 156 Å². The zero-order chi connectivity index (χ0) is 18.8. The molecule has 3 amide bonds. The molecular formula is C18H20ClN3O4. The number of rotatable bonds is 8. The fraction of sp³-hybridized carbons (Fsp3) is 0.222. The number of hydrogen-bond acceptors (Lipinski definition) is 5. The first-order chi connectivity index (χ1) is 12.6. The standard InChI is InChI=1S/C18H20ClN3O4/c1-25-11-10-20-18(24)22-17(23)12-21-14-7-3-5-9-16(14)26-15-8-4-2-6-13(15)19/h2-9,21H,10-12H2,1H3,(H2,20,22,23,24). The summed E-state index contributed by atoms with van der Waals surface area (Å²) in [6.45, 7) is 0.588. The van der Waals surface area contributed by atoms with Crippen molar-refractivity contribution in [2.24, 2.45) is 0 Å². The zero-order valence-corrected chi connectivity index (χ0v) is 15.0. The van der Waals surface area contributed by atoms with Crippen LogP contribution in [0.4, 0.5) is 10.5 Å². The van der Waals surface area contributed by atoms with E-state index in [2.05, 4.69) is 16.0 Å². The number of imide groups is 1. The largest absolute Gasteiger partial charge is 0.454 e. The SMILES string of the molecule is COCCNC(=O)NC(=O)CNc1ccccc1Oc1ccccc1Cl. The van der Waals surface area contributed by atoms with Crippen LogP contribution in [0.3, 0.4) is 0 Å². The van der Waals surface area contributed by atoms with Crippen LogP contribution in [0.1, 0.15) is 0 Å². The van der Waals surface area contributed by atoms with Gasteiger partial charge in [-0.15, -0.1) is 0 Å². The third-order valence-corrected chi connectivity index (χ3v) is 3.54. The summed E-state index contributed by atoms with van der Waals surface area (Å²) >= 11 is 6.10. The Balaban J connectivity index is 1.91. The molecule has 0 spiro atoms. The highest BCUT2D eigenvalue weighted by atomic mass is 35.5. The van der Waals surface area contributed by atoms with Crippen LogP contribution in [-0.4, -0.2) is 38.7 Å². The molecular weight excluding hydrogens is 358 g/mol. The molecule has 2 rings (SSSR count). The molecule has 0 aliphatic carbocycles. The Morgan fingerprint density at radius 3 is 2.46 bits per heavy atom. The van der Waals surface area contributed by atoms with E-state index in [4.69, 9.17) is 21.1 Å². The number of ether oxygens (including phenoxy) is 2. The van der Waals surface area contributed by atoms with E-state index in [0.29, 0.717) is 35.4 Å². The third kappa shape index (κ3) is 6.27. The average Bonchev–Trinajstić information content (AvgIpc) is 2.63. The fourth-order valence-corrected chi connectivity index (χ4v) is 2.18. The second-order valence-corrected chi connectivity index (χ2v) is 5.59. The number of para-hydroxylation sites is 3. The monoisotopic (exact) mass is 377 g/mol. The first kappa shape index (κ1) is 19.6. The van der Waals surface area contributed by atoms with Gasteiger partial charge in [-0.3, -0.25) is 10.1 Å². The van der Waals surface area contributed by atoms with Crippen LogP contribution in [0.25, 0.3) is 0 Å². The maximum atomic E-state index is 11.9. The van der Waals surface area contributed by atoms with Gasteiger partial charge in [0, 0.05) is 13.7 Å². The molecule has 138 valence electrons. The second kappa shape index (κ2) is 10.3. The van der Waals surface area contributed by atoms with E-state index in [1.54, 1.807) is 42.5 Å². The van der Waals surface area contributed by atoms with Gasteiger partial charge in [0.05, 0.1) is 23.9 Å². The van der Waals surface area contributed by atoms with Gasteiger partial charge in [-0.05, 0) is 24.3 Å². The lowest BCUT2D eigenvalue weighted by Gasteiger charge is -2.13. The van der Waals surface area contributed by atoms with E-state index in [9.17, 15) is 9.59 Å². The maximum absolute atomic E-state index is 11.9. The number of halogens is 1. The number of anilines is 1. The zero-order valence-electron chi connectivity index (χ0n) is 14.3. The predicted molar refractivity (Wildman–Crippen MR) is 99.9 cm³/mol. The number of benzene rings is 2. The third-order valence-electron chi connectivity index (χ3n) is 3.23. The number of hydrogen-bond donors (Lipinski definition) is 3. The molecule has 8 heteroatoms. The molecule has 0 heterocycles. The highest BCUT2D eigenvalue weighted by molar-refractivity contribution is 6.32. The highest BCUT2D eigenvalue weighted by Crippen LogP contribution is 2.33. The number of methoxy groups -OCH3 is 1. The van der Waals surface area contributed by atoms with Crippen molar-refractivity contribution in [3.05, 3.63) is 53.6 Å². The van der Waals surface area contributed by atoms with Crippen molar-refractivity contribution in [3.63, 3.8) is 0 Å². The van der Waals surface area contributed by atoms with Gasteiger partial charge in [0.25, 0.3) is 0 Å². The minimum Gasteiger partial charge on any atom is -0.454 e. The summed E-state index contributed by atoms with van der Waals surface area (Å²) in [6.07, 6.45) is 0. The van der Waals surface area contributed by atoms with Crippen LogP contribution in [-0.2, 0) is 9.53 Å². The molecule has 2 aromatic rings. The highest BCUT2D eigenvalue weighted by Gasteiger charge is 2.10. The molecule has 0 aromatic heterocycles. The summed E-state index contributed by atoms with van der Waals surface area (Å²) in [7, 11) is 1.52. The minimum absolute atomic E-state index is 0.0966. The number of carbonyl (C=O) groups is 2. The van der Waals surface area contributed by atoms with Crippen molar-refractivity contribution in [2.75, 3.05) is 32.1 Å². The van der Waals surface area contributed by atoms with E-state index >= 15 is 0 Å². The second-order valence-electron chi connectivity index (χ2n) is 5.18. The number of carbonyl (C=O) groups excluding carboxylic acids is 2. The van der Waals surface area contributed by atoms with Gasteiger partial charge in [-0.2, -0.15) is 0 Å². The summed E-state index contributed by atoms with van der Waals surface area (Å²) < 4.78 is 10.6. The maximum Gasteiger partial charge on any atom is 0.321 e. The summed E-state index contributed by atoms with van der Waals surface area (Å²) in [4.78, 5) is 23.4. The quantitative estimate of drug-likeness (QED) is 0.615. The van der Waals surface area contributed by atoms with Crippen LogP contribution < -0.4 is 20.7 Å². The van der Waals surface area contributed by atoms with Crippen molar-refractivity contribution < 1.29 is 19.1 Å². The summed E-state index contributed by atoms with van der Waals surface area (Å²) in [5, 5.41) is 8.14. The molecule has 0 aliphatic rings. The van der Waals surface area contributed by atoms with Crippen molar-refractivity contribution in [1.29, 1.82) is 0 Å². The van der Waals surface area contributed by atoms with Gasteiger partial charge in [-0.1, -0.05) is 35.9 Å². The Morgan fingerprint density at radius 2 is 1.73 bits per heavy atom. The van der Waals surface area contributed by atoms with Gasteiger partial charge in [0.2, 0.25) is 5.91 Å². The van der Waals surface area contributed by atoms with Crippen molar-refractivity contribution in [1.82, 2.24) is 10.6 Å². The summed E-state index contributed by atoms with van der Waals surface area (Å²) in [6, 6.07) is 13.6. The van der Waals surface area contributed by atoms with Crippen LogP contribution in [0, 0.1) is 0 Å². The lowest BCUT2D eigenvalue weighted by molar-refractivity contribution is -0.118. The van der Waals surface area contributed by atoms with Crippen LogP contribution >= 0.6 is 11.6 Å². The van der Waals surface area contributed by atoms with Crippen molar-refractivity contribution in [2.45, 2.75) is 0 Å². The van der Waals surface area contributed by atoms with E-state index in [1.807, 2.05) is 6.07 Å². The molecule has 0 unspecified atom stereocenters. The van der Waals surface area contributed by atoms with Gasteiger partial charge in [0.15, 0.2) is 5.75 Å². The molecule has 0 fully saturated rings. The molecule has 3 N–H and O–H groups in total. The molecule has 2 aromatic carbocycles. The summed E-state index contributed by atoms with van der Waals surface area (Å²) in [5.41, 5.74) is 0.599. The Kier molecular flexibility index (Phi) is 7.73. The number of urea groups is 1. The molecule has 7 nitrogen and oxygen atoms in total. The van der Waals surface area contributed by atoms with E-state index in [-0.39, 0.29) is 6.54 Å². The first-order valence-electron chi connectivity index (χ1n) is 7.92. The predicted octanol–water partition coefficient (Wildman–Crippen LogP) is 3.02. The van der Waals surface area contributed by atoms with Gasteiger partial charge < -0.3 is 20.1 Å². The van der Waals surface area contributed by atoms with Gasteiger partial charge >= 0.3 is 6.03 Å². The Morgan fingerprint density at radius 1 is 1.04 bits per heavy atom. The molecule has 0 radical (unpaired) electrons. The lowest BCUT2D eigenvalue weighted by Crippen LogP contribution is -2.42. The van der Waals surface area contributed by atoms with Crippen molar-refractivity contribution in [3.8, 4) is 11.5 Å². The number of nitrogens with one attached hydrogen (secondary N) is 3. The Bertz CT molecular complexity index is 755. The van der Waals surface area contributed by atoms with E-state index in [0.717, 1.165) is 0 Å². The average molecular weight is 378 g/mol. The van der Waals surface area contributed by atoms with Crippen LogP contribution in [0.5, 0.6) is 11.5 Å². The van der Waals surface area contributed by atoms with Crippen LogP contribution in [0.15, 0.2) is 48.5 Å². The van der Waals surface area contributed by atoms with Crippen molar-refractivity contribution >= 4 is 29.2 Å². The Hall–Kier alpha value is -2.77. The summed E-state index contributed by atoms with van der Waals surface area (Å²) in [5.74, 6) is 0.538. The minimum atomic E-state index is -0.575. The van der Waals surface area contributed by atoms with Gasteiger partial charge in [-0.25, -0.2) is 4.79 Å². The molecule has 0 bridgehead atoms. The smallest absolute Gasteiger partial charge is 0.321 e. The van der Waals surface area contributed by atoms with Gasteiger partial charge in [0.1, 0.15) is 5.75 Å². The topological polar surface area (TPSA) is 88.7 Å². The van der Waals surface area contributed by atoms with E-state index in [1.165, 1.54) is 7.11 Å². The molecule has 0 aliphatic heterocycles. The molecule has 0 saturated carbocycles.